The number of aromatic nitrogens is 2. The van der Waals surface area contributed by atoms with Crippen LogP contribution in [0.3, 0.4) is 0 Å². The molecule has 2 rings (SSSR count). The number of anilines is 1. The molecule has 0 atom stereocenters. The van der Waals surface area contributed by atoms with Crippen molar-refractivity contribution in [1.82, 2.24) is 9.97 Å². The third-order valence-corrected chi connectivity index (χ3v) is 3.08. The Labute approximate surface area is 125 Å². The second-order valence-corrected chi connectivity index (χ2v) is 5.44. The molecule has 0 fully saturated rings. The fourth-order valence-electron chi connectivity index (χ4n) is 2.18. The number of hydrogen-bond donors (Lipinski definition) is 2. The van der Waals surface area contributed by atoms with Gasteiger partial charge in [0.15, 0.2) is 5.82 Å². The number of benzene rings is 1. The van der Waals surface area contributed by atoms with Crippen molar-refractivity contribution in [2.75, 3.05) is 12.5 Å². The lowest BCUT2D eigenvalue weighted by Gasteiger charge is -2.09. The van der Waals surface area contributed by atoms with Crippen LogP contribution in [0.25, 0.3) is 11.4 Å². The molecule has 0 aliphatic carbocycles. The number of methoxy groups -OCH3 is 1. The van der Waals surface area contributed by atoms with Gasteiger partial charge in [0.05, 0.1) is 12.3 Å². The molecule has 0 spiro atoms. The Hall–Kier alpha value is -1.98. The highest BCUT2D eigenvalue weighted by Gasteiger charge is 2.07. The average molecular weight is 286 g/mol. The lowest BCUT2D eigenvalue weighted by atomic mass is 10.0. The van der Waals surface area contributed by atoms with E-state index < -0.39 is 0 Å². The molecular formula is C16H22N4O. The van der Waals surface area contributed by atoms with Crippen LogP contribution in [0.2, 0.25) is 0 Å². The Morgan fingerprint density at radius 2 is 1.90 bits per heavy atom. The summed E-state index contributed by atoms with van der Waals surface area (Å²) in [5, 5.41) is 0. The largest absolute Gasteiger partial charge is 0.378 e. The molecule has 1 aromatic carbocycles. The van der Waals surface area contributed by atoms with Crippen molar-refractivity contribution in [2.24, 2.45) is 11.8 Å². The summed E-state index contributed by atoms with van der Waals surface area (Å²) in [6, 6.07) is 10.1. The van der Waals surface area contributed by atoms with Crippen LogP contribution in [0.5, 0.6) is 0 Å². The zero-order chi connectivity index (χ0) is 15.2. The SMILES string of the molecule is COCc1cc(NN)nc(-c2ccc(CC(C)C)cc2)n1. The van der Waals surface area contributed by atoms with E-state index in [1.807, 2.05) is 12.1 Å². The second-order valence-electron chi connectivity index (χ2n) is 5.44. The zero-order valence-electron chi connectivity index (χ0n) is 12.8. The summed E-state index contributed by atoms with van der Waals surface area (Å²) >= 11 is 0. The van der Waals surface area contributed by atoms with E-state index in [9.17, 15) is 0 Å². The first kappa shape index (κ1) is 15.4. The molecule has 0 bridgehead atoms. The average Bonchev–Trinajstić information content (AvgIpc) is 2.47. The third-order valence-electron chi connectivity index (χ3n) is 3.08. The first-order valence-electron chi connectivity index (χ1n) is 7.05. The van der Waals surface area contributed by atoms with E-state index >= 15 is 0 Å². The van der Waals surface area contributed by atoms with Gasteiger partial charge in [0, 0.05) is 18.7 Å². The van der Waals surface area contributed by atoms with Gasteiger partial charge in [-0.3, -0.25) is 0 Å². The van der Waals surface area contributed by atoms with Gasteiger partial charge in [-0.25, -0.2) is 15.8 Å². The van der Waals surface area contributed by atoms with E-state index in [1.54, 1.807) is 13.2 Å². The van der Waals surface area contributed by atoms with Crippen LogP contribution < -0.4 is 11.3 Å². The molecule has 1 heterocycles. The molecule has 2 aromatic rings. The van der Waals surface area contributed by atoms with Crippen molar-refractivity contribution in [1.29, 1.82) is 0 Å². The second kappa shape index (κ2) is 7.15. The third kappa shape index (κ3) is 4.24. The predicted molar refractivity (Wildman–Crippen MR) is 84.5 cm³/mol. The summed E-state index contributed by atoms with van der Waals surface area (Å²) < 4.78 is 5.12. The number of nitrogen functional groups attached to an aromatic ring is 1. The smallest absolute Gasteiger partial charge is 0.161 e. The summed E-state index contributed by atoms with van der Waals surface area (Å²) in [4.78, 5) is 8.89. The van der Waals surface area contributed by atoms with Gasteiger partial charge in [-0.2, -0.15) is 0 Å². The van der Waals surface area contributed by atoms with E-state index in [0.717, 1.165) is 17.7 Å². The highest BCUT2D eigenvalue weighted by molar-refractivity contribution is 5.58. The van der Waals surface area contributed by atoms with Crippen LogP contribution in [0.15, 0.2) is 30.3 Å². The predicted octanol–water partition coefficient (Wildman–Crippen LogP) is 2.77. The fourth-order valence-corrected chi connectivity index (χ4v) is 2.18. The van der Waals surface area contributed by atoms with Crippen LogP contribution >= 0.6 is 0 Å². The van der Waals surface area contributed by atoms with Crippen molar-refractivity contribution in [3.05, 3.63) is 41.6 Å². The van der Waals surface area contributed by atoms with Crippen LogP contribution in [0, 0.1) is 5.92 Å². The van der Waals surface area contributed by atoms with Crippen molar-refractivity contribution in [2.45, 2.75) is 26.9 Å². The first-order chi connectivity index (χ1) is 10.1. The number of nitrogens with one attached hydrogen (secondary N) is 1. The number of hydrogen-bond acceptors (Lipinski definition) is 5. The summed E-state index contributed by atoms with van der Waals surface area (Å²) in [6.45, 7) is 4.85. The van der Waals surface area contributed by atoms with Gasteiger partial charge in [0.25, 0.3) is 0 Å². The van der Waals surface area contributed by atoms with E-state index in [1.165, 1.54) is 5.56 Å². The van der Waals surface area contributed by atoms with Gasteiger partial charge >= 0.3 is 0 Å². The molecule has 0 saturated carbocycles. The molecule has 0 unspecified atom stereocenters. The summed E-state index contributed by atoms with van der Waals surface area (Å²) in [6.07, 6.45) is 1.07. The van der Waals surface area contributed by atoms with E-state index in [2.05, 4.69) is 41.4 Å². The van der Waals surface area contributed by atoms with Crippen LogP contribution in [-0.2, 0) is 17.8 Å². The van der Waals surface area contributed by atoms with Gasteiger partial charge in [-0.05, 0) is 17.9 Å². The highest BCUT2D eigenvalue weighted by atomic mass is 16.5. The van der Waals surface area contributed by atoms with Gasteiger partial charge in [0.1, 0.15) is 5.82 Å². The Kier molecular flexibility index (Phi) is 5.25. The highest BCUT2D eigenvalue weighted by Crippen LogP contribution is 2.20. The maximum Gasteiger partial charge on any atom is 0.161 e. The fraction of sp³-hybridized carbons (Fsp3) is 0.375. The Balaban J connectivity index is 2.29. The lowest BCUT2D eigenvalue weighted by molar-refractivity contribution is 0.181. The summed E-state index contributed by atoms with van der Waals surface area (Å²) in [5.74, 6) is 7.33. The van der Waals surface area contributed by atoms with Crippen molar-refractivity contribution in [3.8, 4) is 11.4 Å². The molecule has 1 aromatic heterocycles. The Morgan fingerprint density at radius 3 is 2.48 bits per heavy atom. The number of hydrazine groups is 1. The normalized spacial score (nSPS) is 10.9. The maximum atomic E-state index is 5.46. The van der Waals surface area contributed by atoms with E-state index in [4.69, 9.17) is 10.6 Å². The number of rotatable bonds is 6. The topological polar surface area (TPSA) is 73.1 Å². The molecule has 0 radical (unpaired) electrons. The monoisotopic (exact) mass is 286 g/mol. The van der Waals surface area contributed by atoms with Gasteiger partial charge in [0.2, 0.25) is 0 Å². The zero-order valence-corrected chi connectivity index (χ0v) is 12.8. The van der Waals surface area contributed by atoms with Gasteiger partial charge in [-0.15, -0.1) is 0 Å². The molecule has 21 heavy (non-hydrogen) atoms. The first-order valence-corrected chi connectivity index (χ1v) is 7.05. The minimum atomic E-state index is 0.426. The number of ether oxygens (including phenoxy) is 1. The van der Waals surface area contributed by atoms with Crippen molar-refractivity contribution >= 4 is 5.82 Å². The minimum Gasteiger partial charge on any atom is -0.378 e. The summed E-state index contributed by atoms with van der Waals surface area (Å²) in [5.41, 5.74) is 5.65. The number of nitrogens with two attached hydrogens (primary N) is 1. The molecule has 0 saturated heterocycles. The molecular weight excluding hydrogens is 264 g/mol. The van der Waals surface area contributed by atoms with Gasteiger partial charge < -0.3 is 10.2 Å². The molecule has 3 N–H and O–H groups in total. The number of nitrogens with zero attached hydrogens (tertiary/aromatic N) is 2. The standard InChI is InChI=1S/C16H22N4O/c1-11(2)8-12-4-6-13(7-5-12)16-18-14(10-21-3)9-15(19-16)20-17/h4-7,9,11H,8,10,17H2,1-3H3,(H,18,19,20). The molecule has 0 amide bonds. The quantitative estimate of drug-likeness (QED) is 0.631. The molecule has 112 valence electrons. The van der Waals surface area contributed by atoms with Crippen LogP contribution in [0.4, 0.5) is 5.82 Å². The van der Waals surface area contributed by atoms with Crippen molar-refractivity contribution in [3.63, 3.8) is 0 Å². The molecule has 0 aliphatic heterocycles. The lowest BCUT2D eigenvalue weighted by Crippen LogP contribution is -2.10. The van der Waals surface area contributed by atoms with Crippen molar-refractivity contribution < 1.29 is 4.74 Å². The Morgan fingerprint density at radius 1 is 1.19 bits per heavy atom. The maximum absolute atomic E-state index is 5.46. The molecule has 5 heteroatoms. The minimum absolute atomic E-state index is 0.426. The van der Waals surface area contributed by atoms with E-state index in [0.29, 0.717) is 24.2 Å². The van der Waals surface area contributed by atoms with Gasteiger partial charge in [-0.1, -0.05) is 38.1 Å². The van der Waals surface area contributed by atoms with Crippen LogP contribution in [-0.4, -0.2) is 17.1 Å². The summed E-state index contributed by atoms with van der Waals surface area (Å²) in [7, 11) is 1.64. The molecule has 5 nitrogen and oxygen atoms in total. The Bertz CT molecular complexity index is 581. The van der Waals surface area contributed by atoms with E-state index in [-0.39, 0.29) is 0 Å². The molecule has 0 aliphatic rings. The van der Waals surface area contributed by atoms with Crippen LogP contribution in [0.1, 0.15) is 25.1 Å².